The first-order chi connectivity index (χ1) is 13.5. The number of carbonyl (C=O) groups is 1. The number of phenolic OH excluding ortho intramolecular Hbond substituents is 1. The molecule has 2 heterocycles. The zero-order chi connectivity index (χ0) is 21.1. The first kappa shape index (κ1) is 19.2. The maximum absolute atomic E-state index is 13.2. The van der Waals surface area contributed by atoms with Crippen molar-refractivity contribution in [1.82, 2.24) is 9.55 Å². The third-order valence-corrected chi connectivity index (χ3v) is 5.57. The summed E-state index contributed by atoms with van der Waals surface area (Å²) in [4.78, 5) is 18.2. The summed E-state index contributed by atoms with van der Waals surface area (Å²) in [7, 11) is 0. The minimum absolute atomic E-state index is 0.0566. The van der Waals surface area contributed by atoms with Crippen molar-refractivity contribution in [2.45, 2.75) is 53.0 Å². The van der Waals surface area contributed by atoms with E-state index in [0.717, 1.165) is 22.5 Å². The van der Waals surface area contributed by atoms with Gasteiger partial charge in [-0.05, 0) is 50.3 Å². The van der Waals surface area contributed by atoms with Gasteiger partial charge in [-0.25, -0.2) is 4.98 Å². The quantitative estimate of drug-likeness (QED) is 0.623. The molecule has 0 fully saturated rings. The highest BCUT2D eigenvalue weighted by atomic mass is 16.3. The molecule has 5 heteroatoms. The number of pyridine rings is 1. The highest BCUT2D eigenvalue weighted by molar-refractivity contribution is 6.12. The third-order valence-electron chi connectivity index (χ3n) is 5.57. The van der Waals surface area contributed by atoms with E-state index < -0.39 is 0 Å². The molecule has 1 N–H and O–H groups in total. The second-order valence-corrected chi connectivity index (χ2v) is 9.69. The van der Waals surface area contributed by atoms with Crippen molar-refractivity contribution in [2.24, 2.45) is 5.41 Å². The van der Waals surface area contributed by atoms with Crippen LogP contribution in [0.3, 0.4) is 0 Å². The first-order valence-electron chi connectivity index (χ1n) is 9.83. The van der Waals surface area contributed by atoms with Crippen molar-refractivity contribution in [3.8, 4) is 22.9 Å². The molecule has 1 aromatic carbocycles. The van der Waals surface area contributed by atoms with Crippen molar-refractivity contribution in [3.05, 3.63) is 47.3 Å². The van der Waals surface area contributed by atoms with Gasteiger partial charge in [-0.2, -0.15) is 5.26 Å². The van der Waals surface area contributed by atoms with E-state index in [1.165, 1.54) is 0 Å². The topological polar surface area (TPSA) is 78.9 Å². The van der Waals surface area contributed by atoms with Crippen LogP contribution in [0.2, 0.25) is 0 Å². The summed E-state index contributed by atoms with van der Waals surface area (Å²) in [5, 5.41) is 20.3. The van der Waals surface area contributed by atoms with E-state index >= 15 is 0 Å². The number of rotatable bonds is 1. The molecule has 1 aliphatic rings. The molecule has 0 radical (unpaired) electrons. The van der Waals surface area contributed by atoms with Crippen LogP contribution in [-0.2, 0) is 12.0 Å². The van der Waals surface area contributed by atoms with Gasteiger partial charge in [0.05, 0.1) is 11.3 Å². The molecule has 0 atom stereocenters. The van der Waals surface area contributed by atoms with Crippen molar-refractivity contribution in [1.29, 1.82) is 5.26 Å². The number of ketones is 1. The smallest absolute Gasteiger partial charge is 0.165 e. The molecule has 0 bridgehead atoms. The Hall–Kier alpha value is -3.13. The number of fused-ring (bicyclic) bond motifs is 2. The van der Waals surface area contributed by atoms with E-state index in [0.29, 0.717) is 29.4 Å². The molecule has 4 rings (SSSR count). The molecule has 1 aliphatic carbocycles. The molecule has 29 heavy (non-hydrogen) atoms. The first-order valence-corrected chi connectivity index (χ1v) is 9.83. The van der Waals surface area contributed by atoms with Gasteiger partial charge in [0.2, 0.25) is 0 Å². The molecule has 0 saturated carbocycles. The van der Waals surface area contributed by atoms with Crippen LogP contribution < -0.4 is 0 Å². The number of hydrogen-bond donors (Lipinski definition) is 1. The molecular formula is C24H25N3O2. The van der Waals surface area contributed by atoms with E-state index in [2.05, 4.69) is 40.7 Å². The van der Waals surface area contributed by atoms with Crippen molar-refractivity contribution in [3.63, 3.8) is 0 Å². The fraction of sp³-hybridized carbons (Fsp3) is 0.375. The van der Waals surface area contributed by atoms with Crippen LogP contribution in [0.25, 0.3) is 22.2 Å². The van der Waals surface area contributed by atoms with Crippen LogP contribution in [0, 0.1) is 16.7 Å². The minimum atomic E-state index is -0.269. The number of aromatic nitrogens is 2. The summed E-state index contributed by atoms with van der Waals surface area (Å²) in [5.74, 6) is 0.217. The van der Waals surface area contributed by atoms with Gasteiger partial charge in [-0.1, -0.05) is 26.0 Å². The second-order valence-electron chi connectivity index (χ2n) is 9.69. The molecule has 0 spiro atoms. The standard InChI is InChI=1S/C24H25N3O2/c1-23(2,3)27-13-15(12-25)20-19(14-6-8-16(28)9-7-14)21-17(26-22(20)27)10-24(4,5)11-18(21)29/h6-9,13,28H,10-11H2,1-5H3. The molecule has 148 valence electrons. The molecule has 3 aromatic rings. The lowest BCUT2D eigenvalue weighted by molar-refractivity contribution is 0.0911. The molecule has 2 aromatic heterocycles. The Morgan fingerprint density at radius 1 is 1.14 bits per heavy atom. The predicted molar refractivity (Wildman–Crippen MR) is 113 cm³/mol. The summed E-state index contributed by atoms with van der Waals surface area (Å²) in [5.41, 5.74) is 3.77. The van der Waals surface area contributed by atoms with Crippen LogP contribution in [0.15, 0.2) is 30.5 Å². The summed E-state index contributed by atoms with van der Waals surface area (Å²) in [6.07, 6.45) is 2.98. The van der Waals surface area contributed by atoms with Gasteiger partial charge in [0.25, 0.3) is 0 Å². The number of Topliss-reactive ketones (excluding diaryl/α,β-unsaturated/α-hetero) is 1. The van der Waals surface area contributed by atoms with Gasteiger partial charge in [-0.3, -0.25) is 4.79 Å². The van der Waals surface area contributed by atoms with Gasteiger partial charge in [0, 0.05) is 34.7 Å². The summed E-state index contributed by atoms with van der Waals surface area (Å²) >= 11 is 0. The van der Waals surface area contributed by atoms with Crippen LogP contribution in [0.4, 0.5) is 0 Å². The van der Waals surface area contributed by atoms with Crippen LogP contribution in [0.1, 0.15) is 62.7 Å². The summed E-state index contributed by atoms with van der Waals surface area (Å²) in [6.45, 7) is 10.4. The number of carbonyl (C=O) groups excluding carboxylic acids is 1. The van der Waals surface area contributed by atoms with Crippen molar-refractivity contribution >= 4 is 16.8 Å². The van der Waals surface area contributed by atoms with Crippen LogP contribution >= 0.6 is 0 Å². The Morgan fingerprint density at radius 2 is 1.79 bits per heavy atom. The number of hydrogen-bond acceptors (Lipinski definition) is 4. The lowest BCUT2D eigenvalue weighted by Gasteiger charge is -2.31. The average Bonchev–Trinajstić information content (AvgIpc) is 2.98. The minimum Gasteiger partial charge on any atom is -0.508 e. The van der Waals surface area contributed by atoms with E-state index in [1.807, 2.05) is 10.8 Å². The molecule has 0 aliphatic heterocycles. The Kier molecular flexibility index (Phi) is 4.09. The number of benzene rings is 1. The fourth-order valence-corrected chi connectivity index (χ4v) is 4.28. The number of phenols is 1. The summed E-state index contributed by atoms with van der Waals surface area (Å²) < 4.78 is 2.02. The maximum Gasteiger partial charge on any atom is 0.165 e. The second kappa shape index (κ2) is 6.18. The third kappa shape index (κ3) is 3.09. The van der Waals surface area contributed by atoms with E-state index in [9.17, 15) is 15.2 Å². The molecule has 5 nitrogen and oxygen atoms in total. The Morgan fingerprint density at radius 3 is 2.38 bits per heavy atom. The SMILES string of the molecule is CC1(C)CC(=O)c2c(nc3c(c(C#N)cn3C(C)(C)C)c2-c2ccc(O)cc2)C1. The fourth-order valence-electron chi connectivity index (χ4n) is 4.28. The maximum atomic E-state index is 13.2. The number of nitrogens with zero attached hydrogens (tertiary/aromatic N) is 3. The van der Waals surface area contributed by atoms with Crippen molar-refractivity contribution < 1.29 is 9.90 Å². The highest BCUT2D eigenvalue weighted by Gasteiger charge is 2.36. The van der Waals surface area contributed by atoms with Gasteiger partial charge < -0.3 is 9.67 Å². The Bertz CT molecular complexity index is 1190. The van der Waals surface area contributed by atoms with Gasteiger partial charge in [0.15, 0.2) is 5.78 Å². The monoisotopic (exact) mass is 387 g/mol. The number of nitriles is 1. The van der Waals surface area contributed by atoms with Gasteiger partial charge in [-0.15, -0.1) is 0 Å². The van der Waals surface area contributed by atoms with Gasteiger partial charge in [0.1, 0.15) is 17.5 Å². The molecule has 0 saturated heterocycles. The zero-order valence-corrected chi connectivity index (χ0v) is 17.5. The molecular weight excluding hydrogens is 362 g/mol. The normalized spacial score (nSPS) is 15.9. The van der Waals surface area contributed by atoms with E-state index in [4.69, 9.17) is 4.98 Å². The predicted octanol–water partition coefficient (Wildman–Crippen LogP) is 5.19. The van der Waals surface area contributed by atoms with Gasteiger partial charge >= 0.3 is 0 Å². The Labute approximate surface area is 170 Å². The number of aromatic hydroxyl groups is 1. The summed E-state index contributed by atoms with van der Waals surface area (Å²) in [6, 6.07) is 9.12. The van der Waals surface area contributed by atoms with E-state index in [-0.39, 0.29) is 22.5 Å². The lowest BCUT2D eigenvalue weighted by atomic mass is 9.73. The highest BCUT2D eigenvalue weighted by Crippen LogP contribution is 2.43. The van der Waals surface area contributed by atoms with E-state index in [1.54, 1.807) is 24.3 Å². The lowest BCUT2D eigenvalue weighted by Crippen LogP contribution is -2.29. The Balaban J connectivity index is 2.20. The van der Waals surface area contributed by atoms with Crippen molar-refractivity contribution in [2.75, 3.05) is 0 Å². The molecule has 0 amide bonds. The van der Waals surface area contributed by atoms with Crippen LogP contribution in [-0.4, -0.2) is 20.4 Å². The van der Waals surface area contributed by atoms with Crippen LogP contribution in [0.5, 0.6) is 5.75 Å². The zero-order valence-electron chi connectivity index (χ0n) is 17.5. The average molecular weight is 387 g/mol. The molecule has 0 unspecified atom stereocenters. The largest absolute Gasteiger partial charge is 0.508 e.